The molecule has 1 amide bonds. The van der Waals surface area contributed by atoms with Crippen molar-refractivity contribution in [3.05, 3.63) is 64.3 Å². The smallest absolute Gasteiger partial charge is 0.295 e. The van der Waals surface area contributed by atoms with Gasteiger partial charge in [-0.2, -0.15) is 4.31 Å². The zero-order valence-corrected chi connectivity index (χ0v) is 19.5. The van der Waals surface area contributed by atoms with Gasteiger partial charge < -0.3 is 9.88 Å². The number of hydrogen-bond donors (Lipinski definition) is 1. The summed E-state index contributed by atoms with van der Waals surface area (Å²) in [6.07, 6.45) is 0. The summed E-state index contributed by atoms with van der Waals surface area (Å²) in [6.45, 7) is 7.97. The number of rotatable bonds is 4. The zero-order chi connectivity index (χ0) is 23.2. The number of para-hydroxylation sites is 1. The van der Waals surface area contributed by atoms with Gasteiger partial charge in [0.2, 0.25) is 10.0 Å². The quantitative estimate of drug-likeness (QED) is 0.485. The van der Waals surface area contributed by atoms with Gasteiger partial charge in [0, 0.05) is 42.8 Å². The van der Waals surface area contributed by atoms with E-state index in [1.807, 2.05) is 43.3 Å². The maximum atomic E-state index is 13.3. The third-order valence-corrected chi connectivity index (χ3v) is 8.25. The fraction of sp³-hybridized carbons (Fsp3) is 0.333. The zero-order valence-electron chi connectivity index (χ0n) is 18.7. The van der Waals surface area contributed by atoms with Crippen molar-refractivity contribution in [3.63, 3.8) is 0 Å². The highest BCUT2D eigenvalue weighted by Gasteiger charge is 2.34. The minimum Gasteiger partial charge on any atom is -0.358 e. The Hall–Kier alpha value is -2.97. The largest absolute Gasteiger partial charge is 0.358 e. The average molecular weight is 454 g/mol. The lowest BCUT2D eigenvalue weighted by atomic mass is 10.1. The van der Waals surface area contributed by atoms with Crippen molar-refractivity contribution < 1.29 is 18.0 Å². The van der Waals surface area contributed by atoms with Gasteiger partial charge in [-0.1, -0.05) is 35.9 Å². The molecule has 0 atom stereocenters. The van der Waals surface area contributed by atoms with E-state index in [4.69, 9.17) is 0 Å². The minimum absolute atomic E-state index is 0.154. The number of H-pyrrole nitrogens is 1. The first kappa shape index (κ1) is 22.2. The van der Waals surface area contributed by atoms with Gasteiger partial charge in [0.25, 0.3) is 11.7 Å². The molecule has 0 saturated carbocycles. The number of aromatic nitrogens is 1. The van der Waals surface area contributed by atoms with Crippen molar-refractivity contribution in [3.8, 4) is 0 Å². The lowest BCUT2D eigenvalue weighted by molar-refractivity contribution is -0.127. The molecule has 1 fully saturated rings. The summed E-state index contributed by atoms with van der Waals surface area (Å²) in [7, 11) is -3.68. The van der Waals surface area contributed by atoms with Crippen LogP contribution in [0.2, 0.25) is 0 Å². The van der Waals surface area contributed by atoms with E-state index >= 15 is 0 Å². The topological polar surface area (TPSA) is 90.6 Å². The number of carbonyl (C=O) groups excluding carboxylic acids is 2. The van der Waals surface area contributed by atoms with Crippen molar-refractivity contribution in [2.24, 2.45) is 0 Å². The number of Topliss-reactive ketones (excluding diaryl/α,β-unsaturated/α-hetero) is 1. The normalized spacial score (nSPS) is 15.3. The number of benzene rings is 2. The summed E-state index contributed by atoms with van der Waals surface area (Å²) in [5.74, 6) is -1.17. The van der Waals surface area contributed by atoms with E-state index in [1.54, 1.807) is 20.8 Å². The number of nitrogens with one attached hydrogen (secondary N) is 1. The van der Waals surface area contributed by atoms with Gasteiger partial charge in [0.05, 0.1) is 10.5 Å². The number of ketones is 1. The van der Waals surface area contributed by atoms with Crippen molar-refractivity contribution >= 4 is 32.6 Å². The minimum atomic E-state index is -3.68. The number of amides is 1. The van der Waals surface area contributed by atoms with Crippen LogP contribution in [0.1, 0.15) is 32.7 Å². The SMILES string of the molecule is Cc1cc(C)c(S(=O)(=O)N2CCN(C(=O)C(=O)c3c(C)[nH]c4ccccc34)CC2)c(C)c1. The molecular weight excluding hydrogens is 426 g/mol. The van der Waals surface area contributed by atoms with Crippen molar-refractivity contribution in [1.82, 2.24) is 14.2 Å². The highest BCUT2D eigenvalue weighted by molar-refractivity contribution is 7.89. The molecule has 1 aliphatic rings. The molecule has 4 rings (SSSR count). The maximum absolute atomic E-state index is 13.3. The molecule has 0 radical (unpaired) electrons. The molecule has 1 saturated heterocycles. The molecule has 2 aromatic carbocycles. The lowest BCUT2D eigenvalue weighted by Crippen LogP contribution is -2.52. The second-order valence-corrected chi connectivity index (χ2v) is 10.3. The predicted molar refractivity (Wildman–Crippen MR) is 123 cm³/mol. The monoisotopic (exact) mass is 453 g/mol. The van der Waals surface area contributed by atoms with E-state index < -0.39 is 21.7 Å². The fourth-order valence-electron chi connectivity index (χ4n) is 4.65. The van der Waals surface area contributed by atoms with Gasteiger partial charge >= 0.3 is 0 Å². The number of carbonyl (C=O) groups is 2. The Kier molecular flexibility index (Phi) is 5.68. The summed E-state index contributed by atoms with van der Waals surface area (Å²) in [5, 5.41) is 0.717. The molecule has 1 aliphatic heterocycles. The third-order valence-electron chi connectivity index (χ3n) is 6.04. The first-order valence-corrected chi connectivity index (χ1v) is 12.0. The van der Waals surface area contributed by atoms with Crippen LogP contribution < -0.4 is 0 Å². The van der Waals surface area contributed by atoms with Gasteiger partial charge in [0.15, 0.2) is 0 Å². The molecule has 0 spiro atoms. The molecule has 1 aromatic heterocycles. The van der Waals surface area contributed by atoms with E-state index in [0.717, 1.165) is 16.5 Å². The van der Waals surface area contributed by atoms with Gasteiger partial charge in [0.1, 0.15) is 0 Å². The van der Waals surface area contributed by atoms with E-state index in [2.05, 4.69) is 4.98 Å². The molecule has 1 N–H and O–H groups in total. The number of piperazine rings is 1. The number of fused-ring (bicyclic) bond motifs is 1. The van der Waals surface area contributed by atoms with Crippen molar-refractivity contribution in [2.75, 3.05) is 26.2 Å². The predicted octanol–water partition coefficient (Wildman–Crippen LogP) is 3.12. The molecule has 0 unspecified atom stereocenters. The molecule has 3 aromatic rings. The molecule has 8 heteroatoms. The Bertz CT molecular complexity index is 1310. The Morgan fingerprint density at radius 2 is 1.50 bits per heavy atom. The molecule has 168 valence electrons. The Morgan fingerprint density at radius 3 is 2.12 bits per heavy atom. The van der Waals surface area contributed by atoms with Crippen LogP contribution in [0.25, 0.3) is 10.9 Å². The van der Waals surface area contributed by atoms with Crippen molar-refractivity contribution in [2.45, 2.75) is 32.6 Å². The van der Waals surface area contributed by atoms with Crippen LogP contribution in [-0.4, -0.2) is 60.5 Å². The fourth-order valence-corrected chi connectivity index (χ4v) is 6.49. The van der Waals surface area contributed by atoms with Crippen LogP contribution in [0.3, 0.4) is 0 Å². The van der Waals surface area contributed by atoms with E-state index in [-0.39, 0.29) is 26.2 Å². The number of aromatic amines is 1. The van der Waals surface area contributed by atoms with Gasteiger partial charge in [-0.15, -0.1) is 0 Å². The van der Waals surface area contributed by atoms with E-state index in [0.29, 0.717) is 27.3 Å². The van der Waals surface area contributed by atoms with E-state index in [9.17, 15) is 18.0 Å². The van der Waals surface area contributed by atoms with Gasteiger partial charge in [-0.25, -0.2) is 8.42 Å². The van der Waals surface area contributed by atoms with Crippen LogP contribution in [0.15, 0.2) is 41.3 Å². The van der Waals surface area contributed by atoms with Crippen LogP contribution in [0.4, 0.5) is 0 Å². The summed E-state index contributed by atoms with van der Waals surface area (Å²) < 4.78 is 28.0. The number of hydrogen-bond acceptors (Lipinski definition) is 4. The third kappa shape index (κ3) is 3.73. The summed E-state index contributed by atoms with van der Waals surface area (Å²) in [5.41, 5.74) is 4.28. The highest BCUT2D eigenvalue weighted by atomic mass is 32.2. The molecule has 0 bridgehead atoms. The van der Waals surface area contributed by atoms with Crippen molar-refractivity contribution in [1.29, 1.82) is 0 Å². The standard InChI is InChI=1S/C24H27N3O4S/c1-15-13-16(2)23(17(3)14-15)32(30,31)27-11-9-26(10-12-27)24(29)22(28)21-18(4)25-20-8-6-5-7-19(20)21/h5-8,13-14,25H,9-12H2,1-4H3. The van der Waals surface area contributed by atoms with Crippen LogP contribution in [0, 0.1) is 27.7 Å². The van der Waals surface area contributed by atoms with Gasteiger partial charge in [-0.3, -0.25) is 9.59 Å². The van der Waals surface area contributed by atoms with Gasteiger partial charge in [-0.05, 0) is 44.9 Å². The van der Waals surface area contributed by atoms with Crippen LogP contribution >= 0.6 is 0 Å². The summed E-state index contributed by atoms with van der Waals surface area (Å²) >= 11 is 0. The van der Waals surface area contributed by atoms with E-state index in [1.165, 1.54) is 9.21 Å². The molecule has 2 heterocycles. The Labute approximate surface area is 188 Å². The molecule has 32 heavy (non-hydrogen) atoms. The average Bonchev–Trinajstić information content (AvgIpc) is 3.07. The lowest BCUT2D eigenvalue weighted by Gasteiger charge is -2.34. The van der Waals surface area contributed by atoms with Crippen LogP contribution in [0.5, 0.6) is 0 Å². The Morgan fingerprint density at radius 1 is 0.906 bits per heavy atom. The highest BCUT2D eigenvalue weighted by Crippen LogP contribution is 2.27. The second-order valence-electron chi connectivity index (χ2n) is 8.42. The number of sulfonamides is 1. The molecular formula is C24H27N3O4S. The first-order valence-electron chi connectivity index (χ1n) is 10.6. The molecule has 7 nitrogen and oxygen atoms in total. The first-order chi connectivity index (χ1) is 15.1. The number of nitrogens with zero attached hydrogens (tertiary/aromatic N) is 2. The number of aryl methyl sites for hydroxylation is 4. The van der Waals surface area contributed by atoms with Crippen LogP contribution in [-0.2, 0) is 14.8 Å². The summed E-state index contributed by atoms with van der Waals surface area (Å²) in [6, 6.07) is 11.1. The Balaban J connectivity index is 1.52. The maximum Gasteiger partial charge on any atom is 0.295 e. The molecule has 0 aliphatic carbocycles. The summed E-state index contributed by atoms with van der Waals surface area (Å²) in [4.78, 5) is 30.9. The second kappa shape index (κ2) is 8.18.